The van der Waals surface area contributed by atoms with Crippen LogP contribution in [0.25, 0.3) is 0 Å². The molecule has 1 saturated heterocycles. The Kier molecular flexibility index (Phi) is 7.36. The average molecular weight is 431 g/mol. The van der Waals surface area contributed by atoms with Gasteiger partial charge in [-0.1, -0.05) is 28.1 Å². The SMILES string of the molecule is CC(=O)O[C@H]1C[C@H](n2cc(C)c(=O)[nH]c2=O)O[C@@H]1[C@@H](O)C/C=C\CCBr. The van der Waals surface area contributed by atoms with Crippen molar-refractivity contribution in [3.05, 3.63) is 44.8 Å². The van der Waals surface area contributed by atoms with Gasteiger partial charge in [0, 0.05) is 30.4 Å². The minimum atomic E-state index is -0.893. The molecule has 1 fully saturated rings. The van der Waals surface area contributed by atoms with Crippen LogP contribution in [0.3, 0.4) is 0 Å². The van der Waals surface area contributed by atoms with E-state index < -0.39 is 41.8 Å². The Bertz CT molecular complexity index is 771. The summed E-state index contributed by atoms with van der Waals surface area (Å²) in [5, 5.41) is 11.3. The predicted octanol–water partition coefficient (Wildman–Crippen LogP) is 1.16. The van der Waals surface area contributed by atoms with Crippen molar-refractivity contribution in [1.29, 1.82) is 0 Å². The molecule has 2 heterocycles. The van der Waals surface area contributed by atoms with E-state index in [2.05, 4.69) is 20.9 Å². The van der Waals surface area contributed by atoms with Gasteiger partial charge in [0.2, 0.25) is 0 Å². The molecule has 0 saturated carbocycles. The molecule has 1 aliphatic heterocycles. The molecule has 0 spiro atoms. The predicted molar refractivity (Wildman–Crippen MR) is 98.3 cm³/mol. The highest BCUT2D eigenvalue weighted by Crippen LogP contribution is 2.32. The van der Waals surface area contributed by atoms with Gasteiger partial charge in [-0.3, -0.25) is 19.1 Å². The van der Waals surface area contributed by atoms with Crippen LogP contribution in [0.4, 0.5) is 0 Å². The van der Waals surface area contributed by atoms with E-state index >= 15 is 0 Å². The van der Waals surface area contributed by atoms with Crippen LogP contribution in [-0.4, -0.2) is 44.3 Å². The molecule has 1 aromatic rings. The van der Waals surface area contributed by atoms with Crippen molar-refractivity contribution in [2.45, 2.75) is 57.6 Å². The molecule has 1 aromatic heterocycles. The second-order valence-electron chi connectivity index (χ2n) is 6.17. The number of allylic oxidation sites excluding steroid dienone is 1. The third-order valence-corrected chi connectivity index (χ3v) is 4.55. The number of rotatable bonds is 7. The van der Waals surface area contributed by atoms with Crippen LogP contribution in [0.15, 0.2) is 27.9 Å². The van der Waals surface area contributed by atoms with Gasteiger partial charge in [-0.25, -0.2) is 4.79 Å². The normalized spacial score (nSPS) is 24.1. The van der Waals surface area contributed by atoms with Crippen molar-refractivity contribution < 1.29 is 19.4 Å². The lowest BCUT2D eigenvalue weighted by molar-refractivity contribution is -0.153. The first kappa shape index (κ1) is 20.6. The summed E-state index contributed by atoms with van der Waals surface area (Å²) in [4.78, 5) is 37.2. The van der Waals surface area contributed by atoms with E-state index in [0.29, 0.717) is 12.0 Å². The summed E-state index contributed by atoms with van der Waals surface area (Å²) in [7, 11) is 0. The van der Waals surface area contributed by atoms with Gasteiger partial charge in [0.1, 0.15) is 18.4 Å². The molecule has 0 radical (unpaired) electrons. The maximum absolute atomic E-state index is 12.1. The Balaban J connectivity index is 2.20. The molecule has 26 heavy (non-hydrogen) atoms. The van der Waals surface area contributed by atoms with Crippen molar-refractivity contribution in [3.8, 4) is 0 Å². The molecule has 8 nitrogen and oxygen atoms in total. The average Bonchev–Trinajstić information content (AvgIpc) is 2.97. The van der Waals surface area contributed by atoms with Crippen LogP contribution in [0.1, 0.15) is 38.0 Å². The monoisotopic (exact) mass is 430 g/mol. The fraction of sp³-hybridized carbons (Fsp3) is 0.588. The van der Waals surface area contributed by atoms with E-state index in [1.807, 2.05) is 12.2 Å². The molecule has 0 aliphatic carbocycles. The number of alkyl halides is 1. The third kappa shape index (κ3) is 5.15. The van der Waals surface area contributed by atoms with Crippen LogP contribution < -0.4 is 11.2 Å². The van der Waals surface area contributed by atoms with E-state index in [1.165, 1.54) is 17.7 Å². The summed E-state index contributed by atoms with van der Waals surface area (Å²) in [5.41, 5.74) is -0.715. The molecule has 2 N–H and O–H groups in total. The van der Waals surface area contributed by atoms with Gasteiger partial charge in [0.15, 0.2) is 0 Å². The number of carbonyl (C=O) groups is 1. The molecule has 0 amide bonds. The number of ether oxygens (including phenoxy) is 2. The molecule has 9 heteroatoms. The van der Waals surface area contributed by atoms with Gasteiger partial charge in [0.25, 0.3) is 5.56 Å². The summed E-state index contributed by atoms with van der Waals surface area (Å²) >= 11 is 3.32. The van der Waals surface area contributed by atoms with Gasteiger partial charge in [0.05, 0.1) is 6.10 Å². The van der Waals surface area contributed by atoms with Crippen LogP contribution in [0.2, 0.25) is 0 Å². The zero-order valence-electron chi connectivity index (χ0n) is 14.7. The molecule has 0 unspecified atom stereocenters. The lowest BCUT2D eigenvalue weighted by atomic mass is 10.0. The van der Waals surface area contributed by atoms with Gasteiger partial charge >= 0.3 is 11.7 Å². The van der Waals surface area contributed by atoms with Crippen molar-refractivity contribution in [3.63, 3.8) is 0 Å². The summed E-state index contributed by atoms with van der Waals surface area (Å²) in [5.74, 6) is -0.490. The number of aryl methyl sites for hydroxylation is 1. The van der Waals surface area contributed by atoms with E-state index in [4.69, 9.17) is 9.47 Å². The Labute approximate surface area is 159 Å². The second-order valence-corrected chi connectivity index (χ2v) is 6.96. The summed E-state index contributed by atoms with van der Waals surface area (Å²) in [6.45, 7) is 2.86. The number of aromatic amines is 1. The van der Waals surface area contributed by atoms with Crippen molar-refractivity contribution in [1.82, 2.24) is 9.55 Å². The van der Waals surface area contributed by atoms with E-state index in [0.717, 1.165) is 11.8 Å². The molecular weight excluding hydrogens is 408 g/mol. The van der Waals surface area contributed by atoms with Gasteiger partial charge in [-0.15, -0.1) is 0 Å². The number of carbonyl (C=O) groups excluding carboxylic acids is 1. The summed E-state index contributed by atoms with van der Waals surface area (Å²) < 4.78 is 12.4. The van der Waals surface area contributed by atoms with Crippen LogP contribution in [0.5, 0.6) is 0 Å². The lowest BCUT2D eigenvalue weighted by Crippen LogP contribution is -2.37. The fourth-order valence-corrected chi connectivity index (χ4v) is 3.12. The maximum Gasteiger partial charge on any atom is 0.330 e. The standard InChI is InChI=1S/C17H23BrN2O6/c1-10-9-20(17(24)19-16(10)23)14-8-13(25-11(2)21)15(26-14)12(22)6-4-3-5-7-18/h3-4,9,12-15,22H,5-8H2,1-2H3,(H,19,23,24)/b4-3-/t12-,13-,14+,15+/m0/s1. The van der Waals surface area contributed by atoms with Crippen LogP contribution >= 0.6 is 15.9 Å². The Morgan fingerprint density at radius 2 is 2.27 bits per heavy atom. The van der Waals surface area contributed by atoms with Crippen molar-refractivity contribution in [2.24, 2.45) is 0 Å². The Morgan fingerprint density at radius 1 is 1.54 bits per heavy atom. The molecule has 144 valence electrons. The summed E-state index contributed by atoms with van der Waals surface area (Å²) in [6.07, 6.45) is 3.46. The van der Waals surface area contributed by atoms with Crippen molar-refractivity contribution in [2.75, 3.05) is 5.33 Å². The number of esters is 1. The number of nitrogens with zero attached hydrogens (tertiary/aromatic N) is 1. The highest BCUT2D eigenvalue weighted by Gasteiger charge is 2.42. The third-order valence-electron chi connectivity index (χ3n) is 4.09. The lowest BCUT2D eigenvalue weighted by Gasteiger charge is -2.22. The second kappa shape index (κ2) is 9.29. The van der Waals surface area contributed by atoms with E-state index in [1.54, 1.807) is 6.92 Å². The van der Waals surface area contributed by atoms with E-state index in [-0.39, 0.29) is 6.42 Å². The number of nitrogens with one attached hydrogen (secondary N) is 1. The number of H-pyrrole nitrogens is 1. The molecule has 0 aromatic carbocycles. The minimum Gasteiger partial charge on any atom is -0.459 e. The van der Waals surface area contributed by atoms with Gasteiger partial charge in [-0.05, 0) is 19.8 Å². The number of aliphatic hydroxyl groups excluding tert-OH is 1. The molecule has 1 aliphatic rings. The maximum atomic E-state index is 12.1. The highest BCUT2D eigenvalue weighted by atomic mass is 79.9. The Morgan fingerprint density at radius 3 is 2.92 bits per heavy atom. The highest BCUT2D eigenvalue weighted by molar-refractivity contribution is 9.09. The summed E-state index contributed by atoms with van der Waals surface area (Å²) in [6, 6.07) is 0. The zero-order valence-corrected chi connectivity index (χ0v) is 16.3. The molecule has 4 atom stereocenters. The molecule has 0 bridgehead atoms. The first-order valence-corrected chi connectivity index (χ1v) is 9.49. The fourth-order valence-electron chi connectivity index (χ4n) is 2.85. The topological polar surface area (TPSA) is 111 Å². The Hall–Kier alpha value is -1.71. The van der Waals surface area contributed by atoms with E-state index in [9.17, 15) is 19.5 Å². The first-order chi connectivity index (χ1) is 12.3. The minimum absolute atomic E-state index is 0.206. The largest absolute Gasteiger partial charge is 0.459 e. The molecule has 2 rings (SSSR count). The smallest absolute Gasteiger partial charge is 0.330 e. The van der Waals surface area contributed by atoms with Gasteiger partial charge < -0.3 is 14.6 Å². The van der Waals surface area contributed by atoms with Crippen LogP contribution in [-0.2, 0) is 14.3 Å². The first-order valence-electron chi connectivity index (χ1n) is 8.37. The number of hydrogen-bond donors (Lipinski definition) is 2. The number of aliphatic hydroxyl groups is 1. The van der Waals surface area contributed by atoms with Gasteiger partial charge in [-0.2, -0.15) is 0 Å². The molecular formula is C17H23BrN2O6. The number of aromatic nitrogens is 2. The van der Waals surface area contributed by atoms with Crippen molar-refractivity contribution >= 4 is 21.9 Å². The number of halogens is 1. The zero-order chi connectivity index (χ0) is 19.3. The van der Waals surface area contributed by atoms with Crippen LogP contribution in [0, 0.1) is 6.92 Å². The number of hydrogen-bond acceptors (Lipinski definition) is 6. The quantitative estimate of drug-likeness (QED) is 0.381.